The van der Waals surface area contributed by atoms with E-state index < -0.39 is 0 Å². The zero-order valence-electron chi connectivity index (χ0n) is 11.5. The number of halogens is 1. The number of rotatable bonds is 7. The molecule has 0 saturated carbocycles. The van der Waals surface area contributed by atoms with Gasteiger partial charge in [-0.2, -0.15) is 5.10 Å². The topological polar surface area (TPSA) is 17.8 Å². The summed E-state index contributed by atoms with van der Waals surface area (Å²) < 4.78 is 2.12. The maximum absolute atomic E-state index is 6.01. The second-order valence-electron chi connectivity index (χ2n) is 5.08. The van der Waals surface area contributed by atoms with Gasteiger partial charge in [-0.1, -0.05) is 20.8 Å². The summed E-state index contributed by atoms with van der Waals surface area (Å²) in [5, 5.41) is 4.93. The van der Waals surface area contributed by atoms with Gasteiger partial charge in [-0.3, -0.25) is 4.68 Å². The molecule has 0 aliphatic carbocycles. The maximum atomic E-state index is 6.01. The van der Waals surface area contributed by atoms with Gasteiger partial charge in [0.1, 0.15) is 0 Å². The Hall–Kier alpha value is -0.500. The average Bonchev–Trinajstić information content (AvgIpc) is 2.67. The SMILES string of the molecule is CCC(CC)n1ccc(CC(C)CC(C)Cl)n1. The van der Waals surface area contributed by atoms with Crippen LogP contribution in [0.25, 0.3) is 0 Å². The van der Waals surface area contributed by atoms with E-state index in [0.717, 1.165) is 25.7 Å². The number of nitrogens with zero attached hydrogens (tertiary/aromatic N) is 2. The Morgan fingerprint density at radius 2 is 1.94 bits per heavy atom. The average molecular weight is 257 g/mol. The van der Waals surface area contributed by atoms with Crippen molar-refractivity contribution in [2.45, 2.75) is 64.8 Å². The predicted octanol–water partition coefficient (Wildman–Crippen LogP) is 4.44. The van der Waals surface area contributed by atoms with E-state index in [0.29, 0.717) is 12.0 Å². The van der Waals surface area contributed by atoms with E-state index in [2.05, 4.69) is 49.7 Å². The molecule has 2 unspecified atom stereocenters. The highest BCUT2D eigenvalue weighted by Crippen LogP contribution is 2.18. The molecule has 2 atom stereocenters. The van der Waals surface area contributed by atoms with Gasteiger partial charge < -0.3 is 0 Å². The van der Waals surface area contributed by atoms with E-state index in [1.165, 1.54) is 5.69 Å². The van der Waals surface area contributed by atoms with Gasteiger partial charge in [0, 0.05) is 11.6 Å². The number of hydrogen-bond acceptors (Lipinski definition) is 1. The van der Waals surface area contributed by atoms with Crippen molar-refractivity contribution in [3.8, 4) is 0 Å². The van der Waals surface area contributed by atoms with E-state index in [9.17, 15) is 0 Å². The quantitative estimate of drug-likeness (QED) is 0.660. The van der Waals surface area contributed by atoms with Crippen LogP contribution in [0.2, 0.25) is 0 Å². The second-order valence-corrected chi connectivity index (χ2v) is 5.83. The fraction of sp³-hybridized carbons (Fsp3) is 0.786. The van der Waals surface area contributed by atoms with Crippen molar-refractivity contribution in [2.75, 3.05) is 0 Å². The first kappa shape index (κ1) is 14.6. The van der Waals surface area contributed by atoms with Crippen LogP contribution in [-0.4, -0.2) is 15.2 Å². The number of aromatic nitrogens is 2. The van der Waals surface area contributed by atoms with Crippen LogP contribution >= 0.6 is 11.6 Å². The fourth-order valence-corrected chi connectivity index (χ4v) is 2.65. The second kappa shape index (κ2) is 7.05. The van der Waals surface area contributed by atoms with Gasteiger partial charge in [0.05, 0.1) is 11.7 Å². The Morgan fingerprint density at radius 1 is 1.29 bits per heavy atom. The van der Waals surface area contributed by atoms with Gasteiger partial charge >= 0.3 is 0 Å². The molecular formula is C14H25ClN2. The highest BCUT2D eigenvalue weighted by atomic mass is 35.5. The summed E-state index contributed by atoms with van der Waals surface area (Å²) in [7, 11) is 0. The van der Waals surface area contributed by atoms with E-state index >= 15 is 0 Å². The summed E-state index contributed by atoms with van der Waals surface area (Å²) in [6.45, 7) is 8.73. The third-order valence-electron chi connectivity index (χ3n) is 3.26. The maximum Gasteiger partial charge on any atom is 0.0627 e. The third kappa shape index (κ3) is 4.71. The minimum atomic E-state index is 0.256. The molecule has 0 N–H and O–H groups in total. The van der Waals surface area contributed by atoms with Gasteiger partial charge in [0.15, 0.2) is 0 Å². The molecular weight excluding hydrogens is 232 g/mol. The van der Waals surface area contributed by atoms with Gasteiger partial charge in [0.25, 0.3) is 0 Å². The first-order valence-corrected chi connectivity index (χ1v) is 7.18. The standard InChI is InChI=1S/C14H25ClN2/c1-5-14(6-2)17-8-7-13(16-17)10-11(3)9-12(4)15/h7-8,11-12,14H,5-6,9-10H2,1-4H3. The monoisotopic (exact) mass is 256 g/mol. The van der Waals surface area contributed by atoms with Gasteiger partial charge in [-0.25, -0.2) is 0 Å². The lowest BCUT2D eigenvalue weighted by Gasteiger charge is -2.13. The molecule has 1 rings (SSSR count). The van der Waals surface area contributed by atoms with Crippen molar-refractivity contribution in [1.82, 2.24) is 9.78 Å². The van der Waals surface area contributed by atoms with Crippen LogP contribution in [0.3, 0.4) is 0 Å². The molecule has 1 heterocycles. The van der Waals surface area contributed by atoms with Gasteiger partial charge in [-0.05, 0) is 44.6 Å². The zero-order valence-corrected chi connectivity index (χ0v) is 12.2. The molecule has 0 saturated heterocycles. The summed E-state index contributed by atoms with van der Waals surface area (Å²) >= 11 is 6.01. The van der Waals surface area contributed by atoms with Crippen LogP contribution in [0.5, 0.6) is 0 Å². The molecule has 1 aromatic rings. The predicted molar refractivity (Wildman–Crippen MR) is 74.6 cm³/mol. The van der Waals surface area contributed by atoms with Crippen LogP contribution in [0.4, 0.5) is 0 Å². The molecule has 0 bridgehead atoms. The summed E-state index contributed by atoms with van der Waals surface area (Å²) in [5.41, 5.74) is 1.20. The molecule has 98 valence electrons. The first-order valence-electron chi connectivity index (χ1n) is 6.74. The molecule has 0 aliphatic rings. The van der Waals surface area contributed by atoms with E-state index in [1.807, 2.05) is 0 Å². The van der Waals surface area contributed by atoms with Gasteiger partial charge in [0.2, 0.25) is 0 Å². The Labute approximate surface area is 110 Å². The van der Waals surface area contributed by atoms with Crippen molar-refractivity contribution >= 4 is 11.6 Å². The van der Waals surface area contributed by atoms with Crippen molar-refractivity contribution in [1.29, 1.82) is 0 Å². The van der Waals surface area contributed by atoms with Crippen LogP contribution in [0.15, 0.2) is 12.3 Å². The van der Waals surface area contributed by atoms with Crippen molar-refractivity contribution < 1.29 is 0 Å². The Balaban J connectivity index is 2.56. The molecule has 1 aromatic heterocycles. The molecule has 0 aromatic carbocycles. The normalized spacial score (nSPS) is 15.2. The Morgan fingerprint density at radius 3 is 2.47 bits per heavy atom. The Bertz CT molecular complexity index is 316. The van der Waals surface area contributed by atoms with E-state index in [-0.39, 0.29) is 5.38 Å². The van der Waals surface area contributed by atoms with Crippen LogP contribution < -0.4 is 0 Å². The molecule has 17 heavy (non-hydrogen) atoms. The summed E-state index contributed by atoms with van der Waals surface area (Å²) in [6.07, 6.45) is 6.49. The zero-order chi connectivity index (χ0) is 12.8. The third-order valence-corrected chi connectivity index (χ3v) is 3.44. The van der Waals surface area contributed by atoms with Crippen LogP contribution in [-0.2, 0) is 6.42 Å². The number of hydrogen-bond donors (Lipinski definition) is 0. The van der Waals surface area contributed by atoms with Crippen molar-refractivity contribution in [3.05, 3.63) is 18.0 Å². The summed E-state index contributed by atoms with van der Waals surface area (Å²) in [4.78, 5) is 0. The molecule has 0 spiro atoms. The summed E-state index contributed by atoms with van der Waals surface area (Å²) in [6, 6.07) is 2.69. The number of alkyl halides is 1. The fourth-order valence-electron chi connectivity index (χ4n) is 2.35. The Kier molecular flexibility index (Phi) is 6.04. The minimum Gasteiger partial charge on any atom is -0.269 e. The van der Waals surface area contributed by atoms with Crippen molar-refractivity contribution in [3.63, 3.8) is 0 Å². The van der Waals surface area contributed by atoms with Crippen LogP contribution in [0, 0.1) is 5.92 Å². The lowest BCUT2D eigenvalue weighted by Crippen LogP contribution is -2.10. The van der Waals surface area contributed by atoms with E-state index in [4.69, 9.17) is 11.6 Å². The highest BCUT2D eigenvalue weighted by molar-refractivity contribution is 6.20. The van der Waals surface area contributed by atoms with Crippen molar-refractivity contribution in [2.24, 2.45) is 5.92 Å². The molecule has 0 aliphatic heterocycles. The van der Waals surface area contributed by atoms with E-state index in [1.54, 1.807) is 0 Å². The smallest absolute Gasteiger partial charge is 0.0627 e. The molecule has 0 amide bonds. The van der Waals surface area contributed by atoms with Gasteiger partial charge in [-0.15, -0.1) is 11.6 Å². The lowest BCUT2D eigenvalue weighted by atomic mass is 10.0. The largest absolute Gasteiger partial charge is 0.269 e. The lowest BCUT2D eigenvalue weighted by molar-refractivity contribution is 0.421. The van der Waals surface area contributed by atoms with Crippen LogP contribution in [0.1, 0.15) is 58.7 Å². The molecule has 2 nitrogen and oxygen atoms in total. The highest BCUT2D eigenvalue weighted by Gasteiger charge is 2.11. The first-order chi connectivity index (χ1) is 8.06. The summed E-state index contributed by atoms with van der Waals surface area (Å²) in [5.74, 6) is 0.604. The molecule has 0 radical (unpaired) electrons. The molecule has 3 heteroatoms. The molecule has 0 fully saturated rings. The minimum absolute atomic E-state index is 0.256.